The summed E-state index contributed by atoms with van der Waals surface area (Å²) in [4.78, 5) is 27.7. The maximum absolute atomic E-state index is 13.9. The summed E-state index contributed by atoms with van der Waals surface area (Å²) in [6.07, 6.45) is 3.00. The molecule has 8 nitrogen and oxygen atoms in total. The molecule has 42 heavy (non-hydrogen) atoms. The topological polar surface area (TPSA) is 95.1 Å². The Labute approximate surface area is 251 Å². The quantitative estimate of drug-likeness (QED) is 0.376. The predicted octanol–water partition coefficient (Wildman–Crippen LogP) is 4.70. The van der Waals surface area contributed by atoms with Gasteiger partial charge in [0, 0.05) is 18.4 Å². The summed E-state index contributed by atoms with van der Waals surface area (Å²) in [5, 5.41) is 6.31. The molecule has 2 aliphatic rings. The number of nitrogens with one attached hydrogen (secondary N) is 2. The van der Waals surface area contributed by atoms with Gasteiger partial charge in [-0.3, -0.25) is 9.59 Å². The first-order chi connectivity index (χ1) is 19.8. The molecule has 1 saturated heterocycles. The average Bonchev–Trinajstić information content (AvgIpc) is 3.17. The highest BCUT2D eigenvalue weighted by Gasteiger charge is 2.54. The molecule has 1 heterocycles. The number of hydrogen-bond acceptors (Lipinski definition) is 6. The highest BCUT2D eigenvalue weighted by molar-refractivity contribution is 6.48. The van der Waals surface area contributed by atoms with E-state index in [-0.39, 0.29) is 23.7 Å². The van der Waals surface area contributed by atoms with Crippen LogP contribution in [0.15, 0.2) is 42.5 Å². The van der Waals surface area contributed by atoms with Crippen molar-refractivity contribution in [2.24, 2.45) is 11.8 Å². The molecule has 1 aliphatic carbocycles. The van der Waals surface area contributed by atoms with Crippen LogP contribution >= 0.6 is 0 Å². The van der Waals surface area contributed by atoms with E-state index in [0.29, 0.717) is 31.6 Å². The van der Waals surface area contributed by atoms with E-state index in [2.05, 4.69) is 24.5 Å². The number of benzene rings is 2. The van der Waals surface area contributed by atoms with Crippen LogP contribution in [0.25, 0.3) is 0 Å². The van der Waals surface area contributed by atoms with Crippen LogP contribution in [0.4, 0.5) is 0 Å². The smallest absolute Gasteiger partial charge is 0.481 e. The maximum atomic E-state index is 13.9. The number of amides is 2. The molecule has 4 rings (SSSR count). The van der Waals surface area contributed by atoms with Crippen molar-refractivity contribution >= 4 is 18.9 Å². The average molecular weight is 579 g/mol. The summed E-state index contributed by atoms with van der Waals surface area (Å²) in [6.45, 7) is 12.2. The molecule has 2 N–H and O–H groups in total. The Morgan fingerprint density at radius 3 is 2.26 bits per heavy atom. The number of methoxy groups -OCH3 is 2. The minimum atomic E-state index is -0.754. The summed E-state index contributed by atoms with van der Waals surface area (Å²) in [6, 6.07) is 12.9. The van der Waals surface area contributed by atoms with Gasteiger partial charge >= 0.3 is 7.12 Å². The van der Waals surface area contributed by atoms with Gasteiger partial charge in [-0.25, -0.2) is 0 Å². The van der Waals surface area contributed by atoms with Crippen LogP contribution in [0.1, 0.15) is 71.1 Å². The fraction of sp³-hybridized carbons (Fsp3) is 0.576. The Balaban J connectivity index is 1.53. The molecular weight excluding hydrogens is 531 g/mol. The van der Waals surface area contributed by atoms with E-state index in [0.717, 1.165) is 34.6 Å². The highest BCUT2D eigenvalue weighted by Crippen LogP contribution is 2.38. The molecule has 2 aromatic carbocycles. The van der Waals surface area contributed by atoms with Crippen LogP contribution in [-0.2, 0) is 38.2 Å². The number of ether oxygens (including phenoxy) is 2. The van der Waals surface area contributed by atoms with Crippen molar-refractivity contribution in [3.63, 3.8) is 0 Å². The first-order valence-electron chi connectivity index (χ1n) is 15.1. The van der Waals surface area contributed by atoms with Gasteiger partial charge in [-0.2, -0.15) is 0 Å². The molecule has 9 heteroatoms. The number of aryl methyl sites for hydroxylation is 1. The van der Waals surface area contributed by atoms with Crippen LogP contribution in [0.3, 0.4) is 0 Å². The first-order valence-corrected chi connectivity index (χ1v) is 15.1. The minimum absolute atomic E-state index is 0.134. The Morgan fingerprint density at radius 1 is 1.00 bits per heavy atom. The zero-order valence-corrected chi connectivity index (χ0v) is 26.4. The Hall–Kier alpha value is -3.04. The van der Waals surface area contributed by atoms with Gasteiger partial charge in [0.15, 0.2) is 0 Å². The van der Waals surface area contributed by atoms with E-state index in [9.17, 15) is 9.59 Å². The standard InChI is InChI=1S/C33H47BN2O6/c1-21(2)16-29(34-41-32(3,4)33(5,6)42-34)36-31(38)27(17-22-12-10-9-11-13-22)35-30(37)24-15-14-23-18-25(39-7)20-28(40-8)26(23)19-24/h9-13,18,20-21,24,27,29H,14-17,19H2,1-8H3,(H,35,37)(H,36,38). The van der Waals surface area contributed by atoms with Crippen LogP contribution < -0.4 is 20.1 Å². The van der Waals surface area contributed by atoms with E-state index in [4.69, 9.17) is 18.8 Å². The molecule has 2 amide bonds. The Kier molecular flexibility index (Phi) is 9.94. The lowest BCUT2D eigenvalue weighted by atomic mass is 9.73. The van der Waals surface area contributed by atoms with Crippen molar-refractivity contribution in [1.82, 2.24) is 10.6 Å². The van der Waals surface area contributed by atoms with E-state index in [1.807, 2.05) is 70.2 Å². The molecule has 0 spiro atoms. The SMILES string of the molecule is COc1cc2c(c(OC)c1)CC(C(=O)NC(Cc1ccccc1)C(=O)NC(CC(C)C)B1OC(C)(C)C(C)(C)O1)CC2. The lowest BCUT2D eigenvalue weighted by molar-refractivity contribution is -0.131. The predicted molar refractivity (Wildman–Crippen MR) is 165 cm³/mol. The van der Waals surface area contributed by atoms with E-state index in [1.54, 1.807) is 14.2 Å². The molecule has 1 aliphatic heterocycles. The number of fused-ring (bicyclic) bond motifs is 1. The van der Waals surface area contributed by atoms with Gasteiger partial charge < -0.3 is 29.4 Å². The third kappa shape index (κ3) is 7.29. The number of rotatable bonds is 11. The number of carbonyl (C=O) groups is 2. The van der Waals surface area contributed by atoms with Crippen LogP contribution in [0, 0.1) is 11.8 Å². The molecule has 0 aromatic heterocycles. The lowest BCUT2D eigenvalue weighted by Gasteiger charge is -2.32. The minimum Gasteiger partial charge on any atom is -0.497 e. The summed E-state index contributed by atoms with van der Waals surface area (Å²) in [5.74, 6) is 0.740. The molecule has 3 unspecified atom stereocenters. The molecule has 1 fully saturated rings. The fourth-order valence-corrected chi connectivity index (χ4v) is 5.76. The molecular formula is C33H47BN2O6. The zero-order valence-electron chi connectivity index (χ0n) is 26.4. The number of hydrogen-bond donors (Lipinski definition) is 2. The Bertz CT molecular complexity index is 1220. The van der Waals surface area contributed by atoms with Crippen molar-refractivity contribution in [2.75, 3.05) is 14.2 Å². The maximum Gasteiger partial charge on any atom is 0.481 e. The van der Waals surface area contributed by atoms with Gasteiger partial charge in [0.2, 0.25) is 11.8 Å². The summed E-state index contributed by atoms with van der Waals surface area (Å²) >= 11 is 0. The molecule has 2 aromatic rings. The van der Waals surface area contributed by atoms with Crippen molar-refractivity contribution in [3.8, 4) is 11.5 Å². The molecule has 0 saturated carbocycles. The second-order valence-electron chi connectivity index (χ2n) is 13.0. The summed E-state index contributed by atoms with van der Waals surface area (Å²) in [7, 11) is 2.68. The van der Waals surface area contributed by atoms with Gasteiger partial charge in [0.1, 0.15) is 17.5 Å². The number of carbonyl (C=O) groups excluding carboxylic acids is 2. The Morgan fingerprint density at radius 2 is 1.67 bits per heavy atom. The van der Waals surface area contributed by atoms with Gasteiger partial charge in [0.05, 0.1) is 31.4 Å². The second kappa shape index (κ2) is 13.1. The van der Waals surface area contributed by atoms with Crippen LogP contribution in [0.5, 0.6) is 11.5 Å². The molecule has 0 bridgehead atoms. The van der Waals surface area contributed by atoms with Gasteiger partial charge in [0.25, 0.3) is 0 Å². The van der Waals surface area contributed by atoms with Crippen molar-refractivity contribution in [3.05, 3.63) is 59.2 Å². The second-order valence-corrected chi connectivity index (χ2v) is 13.0. The largest absolute Gasteiger partial charge is 0.497 e. The van der Waals surface area contributed by atoms with Gasteiger partial charge in [-0.1, -0.05) is 44.2 Å². The molecule has 0 radical (unpaired) electrons. The van der Waals surface area contributed by atoms with Gasteiger partial charge in [-0.15, -0.1) is 0 Å². The van der Waals surface area contributed by atoms with Crippen molar-refractivity contribution < 1.29 is 28.4 Å². The zero-order chi connectivity index (χ0) is 30.7. The fourth-order valence-electron chi connectivity index (χ4n) is 5.76. The monoisotopic (exact) mass is 578 g/mol. The van der Waals surface area contributed by atoms with Crippen LogP contribution in [0.2, 0.25) is 0 Å². The molecule has 228 valence electrons. The highest BCUT2D eigenvalue weighted by atomic mass is 16.7. The first kappa shape index (κ1) is 31.9. The van der Waals surface area contributed by atoms with Gasteiger partial charge in [-0.05, 0) is 82.1 Å². The van der Waals surface area contributed by atoms with E-state index >= 15 is 0 Å². The molecule has 3 atom stereocenters. The van der Waals surface area contributed by atoms with E-state index in [1.165, 1.54) is 0 Å². The summed E-state index contributed by atoms with van der Waals surface area (Å²) < 4.78 is 23.7. The van der Waals surface area contributed by atoms with Crippen LogP contribution in [-0.4, -0.2) is 56.3 Å². The lowest BCUT2D eigenvalue weighted by Crippen LogP contribution is -2.56. The van der Waals surface area contributed by atoms with Crippen molar-refractivity contribution in [1.29, 1.82) is 0 Å². The third-order valence-corrected chi connectivity index (χ3v) is 8.88. The third-order valence-electron chi connectivity index (χ3n) is 8.88. The normalized spacial score (nSPS) is 20.4. The van der Waals surface area contributed by atoms with E-state index < -0.39 is 24.4 Å². The van der Waals surface area contributed by atoms with Crippen molar-refractivity contribution in [2.45, 2.75) is 96.8 Å². The summed E-state index contributed by atoms with van der Waals surface area (Å²) in [5.41, 5.74) is 2.09.